The molecule has 1 fully saturated rings. The highest BCUT2D eigenvalue weighted by atomic mass is 16.4. The fraction of sp³-hybridized carbons (Fsp3) is 0.333. The van der Waals surface area contributed by atoms with E-state index in [1.54, 1.807) is 11.0 Å². The number of carboxylic acid groups (broad SMARTS) is 1. The number of hydrogen-bond acceptors (Lipinski definition) is 3. The summed E-state index contributed by atoms with van der Waals surface area (Å²) in [5.74, 6) is -0.630. The van der Waals surface area contributed by atoms with E-state index in [0.29, 0.717) is 5.92 Å². The van der Waals surface area contributed by atoms with E-state index in [1.807, 2.05) is 18.2 Å². The molecule has 0 aliphatic carbocycles. The first-order valence-corrected chi connectivity index (χ1v) is 6.62. The Morgan fingerprint density at radius 3 is 2.95 bits per heavy atom. The van der Waals surface area contributed by atoms with Crippen molar-refractivity contribution in [2.24, 2.45) is 0 Å². The molecule has 102 valence electrons. The highest BCUT2D eigenvalue weighted by Gasteiger charge is 2.31. The molecule has 1 aliphatic heterocycles. The van der Waals surface area contributed by atoms with Crippen LogP contribution in [0.1, 0.15) is 35.3 Å². The second-order valence-electron chi connectivity index (χ2n) is 5.26. The van der Waals surface area contributed by atoms with Crippen molar-refractivity contribution in [1.82, 2.24) is 9.88 Å². The molecule has 5 heteroatoms. The predicted molar refractivity (Wildman–Crippen MR) is 74.4 cm³/mol. The molecule has 0 spiro atoms. The number of carbonyl (C=O) groups is 1. The summed E-state index contributed by atoms with van der Waals surface area (Å²) >= 11 is 0. The van der Waals surface area contributed by atoms with Crippen LogP contribution in [0.25, 0.3) is 10.9 Å². The quantitative estimate of drug-likeness (QED) is 0.821. The summed E-state index contributed by atoms with van der Waals surface area (Å²) in [5, 5.41) is 18.9. The van der Waals surface area contributed by atoms with Gasteiger partial charge in [-0.05, 0) is 37.1 Å². The molecule has 2 heterocycles. The van der Waals surface area contributed by atoms with Crippen LogP contribution < -0.4 is 0 Å². The van der Waals surface area contributed by atoms with E-state index in [4.69, 9.17) is 10.4 Å². The Morgan fingerprint density at radius 1 is 1.50 bits per heavy atom. The molecule has 2 N–H and O–H groups in total. The van der Waals surface area contributed by atoms with Gasteiger partial charge in [0.1, 0.15) is 5.69 Å². The van der Waals surface area contributed by atoms with E-state index in [-0.39, 0.29) is 11.7 Å². The number of nitrogens with zero attached hydrogens (tertiary/aromatic N) is 2. The zero-order valence-electron chi connectivity index (χ0n) is 11.1. The number of benzene rings is 1. The first-order chi connectivity index (χ1) is 9.60. The average Bonchev–Trinajstić information content (AvgIpc) is 3.01. The molecule has 5 nitrogen and oxygen atoms in total. The van der Waals surface area contributed by atoms with Crippen molar-refractivity contribution in [3.63, 3.8) is 0 Å². The van der Waals surface area contributed by atoms with Crippen LogP contribution >= 0.6 is 0 Å². The molecule has 1 aromatic carbocycles. The maximum Gasteiger partial charge on any atom is 0.352 e. The number of nitrogens with one attached hydrogen (secondary N) is 1. The molecule has 1 saturated heterocycles. The Kier molecular flexibility index (Phi) is 2.87. The number of hydrogen-bond donors (Lipinski definition) is 2. The number of aromatic carboxylic acids is 1. The molecule has 3 rings (SSSR count). The first kappa shape index (κ1) is 12.5. The van der Waals surface area contributed by atoms with Gasteiger partial charge in [-0.2, -0.15) is 5.26 Å². The van der Waals surface area contributed by atoms with Crippen molar-refractivity contribution in [3.05, 3.63) is 35.5 Å². The highest BCUT2D eigenvalue weighted by molar-refractivity contribution is 5.93. The monoisotopic (exact) mass is 269 g/mol. The summed E-state index contributed by atoms with van der Waals surface area (Å²) in [7, 11) is 0. The lowest BCUT2D eigenvalue weighted by atomic mass is 9.92. The van der Waals surface area contributed by atoms with Gasteiger partial charge in [-0.25, -0.2) is 4.79 Å². The molecular formula is C15H15N3O2. The predicted octanol–water partition coefficient (Wildman–Crippen LogP) is 2.52. The van der Waals surface area contributed by atoms with E-state index in [9.17, 15) is 4.79 Å². The second-order valence-corrected chi connectivity index (χ2v) is 5.26. The molecule has 1 aliphatic rings. The molecule has 2 atom stereocenters. The molecule has 0 amide bonds. The third kappa shape index (κ3) is 1.90. The smallest absolute Gasteiger partial charge is 0.352 e. The Bertz CT molecular complexity index is 713. The fourth-order valence-corrected chi connectivity index (χ4v) is 3.02. The lowest BCUT2D eigenvalue weighted by molar-refractivity contribution is 0.0691. The van der Waals surface area contributed by atoms with Gasteiger partial charge in [0.05, 0.1) is 0 Å². The summed E-state index contributed by atoms with van der Waals surface area (Å²) in [4.78, 5) is 15.7. The topological polar surface area (TPSA) is 80.1 Å². The number of nitriles is 1. The Hall–Kier alpha value is -2.48. The number of H-pyrrole nitrogens is 1. The van der Waals surface area contributed by atoms with Crippen molar-refractivity contribution in [2.45, 2.75) is 25.3 Å². The standard InChI is InChI=1S/C15H15N3O2/c1-9-12(4-5-18(9)8-16)10-2-3-13-11(6-10)7-14(17-13)15(19)20/h2-3,6-7,9,12,17H,4-5H2,1H3,(H,19,20). The van der Waals surface area contributed by atoms with E-state index in [1.165, 1.54) is 5.56 Å². The van der Waals surface area contributed by atoms with Crippen molar-refractivity contribution < 1.29 is 9.90 Å². The molecule has 2 aromatic rings. The minimum absolute atomic E-state index is 0.190. The van der Waals surface area contributed by atoms with Crippen molar-refractivity contribution in [2.75, 3.05) is 6.54 Å². The van der Waals surface area contributed by atoms with Crippen LogP contribution in [0.3, 0.4) is 0 Å². The number of aromatic amines is 1. The SMILES string of the molecule is CC1C(c2ccc3[nH]c(C(=O)O)cc3c2)CCN1C#N. The van der Waals surface area contributed by atoms with Crippen LogP contribution in [0.15, 0.2) is 24.3 Å². The Labute approximate surface area is 116 Å². The van der Waals surface area contributed by atoms with Gasteiger partial charge in [0, 0.05) is 29.4 Å². The summed E-state index contributed by atoms with van der Waals surface area (Å²) in [6.45, 7) is 2.85. The Morgan fingerprint density at radius 2 is 2.30 bits per heavy atom. The summed E-state index contributed by atoms with van der Waals surface area (Å²) in [6.07, 6.45) is 3.17. The lowest BCUT2D eigenvalue weighted by Gasteiger charge is -2.19. The van der Waals surface area contributed by atoms with E-state index >= 15 is 0 Å². The zero-order chi connectivity index (χ0) is 14.3. The van der Waals surface area contributed by atoms with Gasteiger partial charge in [0.15, 0.2) is 6.19 Å². The van der Waals surface area contributed by atoms with Crippen molar-refractivity contribution in [1.29, 1.82) is 5.26 Å². The summed E-state index contributed by atoms with van der Waals surface area (Å²) in [6, 6.07) is 7.81. The van der Waals surface area contributed by atoms with Gasteiger partial charge in [-0.3, -0.25) is 0 Å². The maximum atomic E-state index is 11.0. The lowest BCUT2D eigenvalue weighted by Crippen LogP contribution is -2.24. The minimum Gasteiger partial charge on any atom is -0.477 e. The average molecular weight is 269 g/mol. The molecule has 20 heavy (non-hydrogen) atoms. The molecule has 2 unspecified atom stereocenters. The Balaban J connectivity index is 1.97. The second kappa shape index (κ2) is 4.57. The van der Waals surface area contributed by atoms with E-state index in [2.05, 4.69) is 18.1 Å². The van der Waals surface area contributed by atoms with Gasteiger partial charge in [0.2, 0.25) is 0 Å². The van der Waals surface area contributed by atoms with Gasteiger partial charge in [-0.15, -0.1) is 0 Å². The van der Waals surface area contributed by atoms with Crippen LogP contribution in [-0.2, 0) is 0 Å². The number of aromatic nitrogens is 1. The molecule has 0 radical (unpaired) electrons. The molecule has 1 aromatic heterocycles. The van der Waals surface area contributed by atoms with Gasteiger partial charge in [-0.1, -0.05) is 6.07 Å². The van der Waals surface area contributed by atoms with Crippen LogP contribution in [0.5, 0.6) is 0 Å². The fourth-order valence-electron chi connectivity index (χ4n) is 3.02. The van der Waals surface area contributed by atoms with Crippen LogP contribution in [0.2, 0.25) is 0 Å². The van der Waals surface area contributed by atoms with Crippen molar-refractivity contribution in [3.8, 4) is 6.19 Å². The number of likely N-dealkylation sites (tertiary alicyclic amines) is 1. The largest absolute Gasteiger partial charge is 0.477 e. The van der Waals surface area contributed by atoms with Crippen LogP contribution in [0.4, 0.5) is 0 Å². The van der Waals surface area contributed by atoms with Crippen LogP contribution in [-0.4, -0.2) is 33.5 Å². The van der Waals surface area contributed by atoms with Crippen molar-refractivity contribution >= 4 is 16.9 Å². The normalized spacial score (nSPS) is 22.1. The van der Waals surface area contributed by atoms with Gasteiger partial charge >= 0.3 is 5.97 Å². The highest BCUT2D eigenvalue weighted by Crippen LogP contribution is 2.34. The summed E-state index contributed by atoms with van der Waals surface area (Å²) < 4.78 is 0. The summed E-state index contributed by atoms with van der Waals surface area (Å²) in [5.41, 5.74) is 2.20. The molecule has 0 bridgehead atoms. The van der Waals surface area contributed by atoms with Gasteiger partial charge in [0.25, 0.3) is 0 Å². The van der Waals surface area contributed by atoms with E-state index in [0.717, 1.165) is 23.9 Å². The van der Waals surface area contributed by atoms with Gasteiger partial charge < -0.3 is 15.0 Å². The number of rotatable bonds is 2. The molecular weight excluding hydrogens is 254 g/mol. The third-order valence-electron chi connectivity index (χ3n) is 4.19. The third-order valence-corrected chi connectivity index (χ3v) is 4.19. The minimum atomic E-state index is -0.951. The molecule has 0 saturated carbocycles. The maximum absolute atomic E-state index is 11.0. The first-order valence-electron chi connectivity index (χ1n) is 6.62. The number of fused-ring (bicyclic) bond motifs is 1. The zero-order valence-corrected chi connectivity index (χ0v) is 11.1. The van der Waals surface area contributed by atoms with Crippen LogP contribution in [0, 0.1) is 11.5 Å². The van der Waals surface area contributed by atoms with E-state index < -0.39 is 5.97 Å². The number of carboxylic acids is 1.